The fraction of sp³-hybridized carbons (Fsp3) is 0.200. The highest BCUT2D eigenvalue weighted by molar-refractivity contribution is 7.10. The molecule has 1 unspecified atom stereocenters. The number of nitrogens with two attached hydrogens (primary N) is 1. The Morgan fingerprint density at radius 1 is 1.29 bits per heavy atom. The maximum absolute atomic E-state index is 11.7. The molecule has 1 aromatic heterocycles. The number of hydrogen-bond acceptors (Lipinski definition) is 4. The zero-order valence-corrected chi connectivity index (χ0v) is 12.0. The Hall–Kier alpha value is -2.34. The molecule has 3 rings (SSSR count). The largest absolute Gasteiger partial charge is 0.479 e. The number of amides is 1. The molecule has 0 fully saturated rings. The van der Waals surface area contributed by atoms with Crippen LogP contribution < -0.4 is 10.6 Å². The van der Waals surface area contributed by atoms with Crippen molar-refractivity contribution in [3.05, 3.63) is 51.7 Å². The summed E-state index contributed by atoms with van der Waals surface area (Å²) in [6.07, 6.45) is 0.768. The molecule has 1 aliphatic rings. The van der Waals surface area contributed by atoms with Crippen molar-refractivity contribution in [1.82, 2.24) is 0 Å². The minimum atomic E-state index is -0.923. The molecule has 6 heteroatoms. The highest BCUT2D eigenvalue weighted by Gasteiger charge is 2.35. The molecule has 2 aromatic rings. The van der Waals surface area contributed by atoms with Crippen LogP contribution in [0.15, 0.2) is 35.7 Å². The molecular formula is C15H14N2O3S. The standard InChI is InChI=1S/C15H14N2O3S/c16-14(18)9-3-1-2-4-11(9)17-7-5-12-10(6-8-21-12)13(17)15(19)20/h1-4,6,8,13H,5,7H2,(H2,16,18)(H,19,20). The molecule has 0 spiro atoms. The summed E-state index contributed by atoms with van der Waals surface area (Å²) in [5, 5.41) is 11.5. The molecule has 0 radical (unpaired) electrons. The lowest BCUT2D eigenvalue weighted by atomic mass is 9.98. The molecule has 0 aliphatic carbocycles. The number of para-hydroxylation sites is 1. The van der Waals surface area contributed by atoms with Gasteiger partial charge in [-0.1, -0.05) is 12.1 Å². The van der Waals surface area contributed by atoms with Crippen LogP contribution in [0.4, 0.5) is 5.69 Å². The number of carboxylic acids is 1. The van der Waals surface area contributed by atoms with Gasteiger partial charge < -0.3 is 15.7 Å². The third kappa shape index (κ3) is 2.27. The van der Waals surface area contributed by atoms with Crippen LogP contribution in [0.25, 0.3) is 0 Å². The maximum Gasteiger partial charge on any atom is 0.331 e. The number of carbonyl (C=O) groups excluding carboxylic acids is 1. The Morgan fingerprint density at radius 3 is 2.76 bits per heavy atom. The highest BCUT2D eigenvalue weighted by atomic mass is 32.1. The second-order valence-electron chi connectivity index (χ2n) is 4.86. The molecule has 1 atom stereocenters. The van der Waals surface area contributed by atoms with Gasteiger partial charge in [0.25, 0.3) is 5.91 Å². The number of carboxylic acid groups (broad SMARTS) is 1. The van der Waals surface area contributed by atoms with Crippen molar-refractivity contribution in [3.63, 3.8) is 0 Å². The summed E-state index contributed by atoms with van der Waals surface area (Å²) in [6, 6.07) is 7.94. The third-order valence-electron chi connectivity index (χ3n) is 3.68. The lowest BCUT2D eigenvalue weighted by molar-refractivity contribution is -0.138. The zero-order chi connectivity index (χ0) is 15.0. The van der Waals surface area contributed by atoms with E-state index < -0.39 is 17.9 Å². The third-order valence-corrected chi connectivity index (χ3v) is 4.68. The van der Waals surface area contributed by atoms with Gasteiger partial charge in [-0.05, 0) is 35.6 Å². The summed E-state index contributed by atoms with van der Waals surface area (Å²) >= 11 is 1.57. The van der Waals surface area contributed by atoms with E-state index in [-0.39, 0.29) is 0 Å². The molecule has 0 bridgehead atoms. The molecule has 0 saturated carbocycles. The Morgan fingerprint density at radius 2 is 2.05 bits per heavy atom. The number of fused-ring (bicyclic) bond motifs is 1. The number of carbonyl (C=O) groups is 2. The van der Waals surface area contributed by atoms with Gasteiger partial charge in [-0.2, -0.15) is 0 Å². The van der Waals surface area contributed by atoms with Crippen LogP contribution in [0.2, 0.25) is 0 Å². The van der Waals surface area contributed by atoms with Crippen molar-refractivity contribution in [1.29, 1.82) is 0 Å². The topological polar surface area (TPSA) is 83.6 Å². The monoisotopic (exact) mass is 302 g/mol. The first-order valence-electron chi connectivity index (χ1n) is 6.54. The summed E-state index contributed by atoms with van der Waals surface area (Å²) in [4.78, 5) is 26.2. The number of aliphatic carboxylic acids is 1. The summed E-state index contributed by atoms with van der Waals surface area (Å²) in [5.41, 5.74) is 7.14. The van der Waals surface area contributed by atoms with E-state index in [0.29, 0.717) is 17.8 Å². The number of rotatable bonds is 3. The van der Waals surface area contributed by atoms with Gasteiger partial charge in [-0.25, -0.2) is 4.79 Å². The van der Waals surface area contributed by atoms with Crippen molar-refractivity contribution in [2.24, 2.45) is 5.73 Å². The van der Waals surface area contributed by atoms with Crippen LogP contribution in [0, 0.1) is 0 Å². The van der Waals surface area contributed by atoms with Crippen LogP contribution in [0.1, 0.15) is 26.8 Å². The van der Waals surface area contributed by atoms with Gasteiger partial charge in [-0.15, -0.1) is 11.3 Å². The Labute approximate surface area is 125 Å². The summed E-state index contributed by atoms with van der Waals surface area (Å²) < 4.78 is 0. The minimum absolute atomic E-state index is 0.349. The summed E-state index contributed by atoms with van der Waals surface area (Å²) in [7, 11) is 0. The van der Waals surface area contributed by atoms with Gasteiger partial charge in [0.05, 0.1) is 11.3 Å². The van der Waals surface area contributed by atoms with E-state index in [1.807, 2.05) is 11.4 Å². The summed E-state index contributed by atoms with van der Waals surface area (Å²) in [6.45, 7) is 0.550. The second kappa shape index (κ2) is 5.21. The average molecular weight is 302 g/mol. The van der Waals surface area contributed by atoms with E-state index >= 15 is 0 Å². The van der Waals surface area contributed by atoms with Crippen molar-refractivity contribution in [2.75, 3.05) is 11.4 Å². The lowest BCUT2D eigenvalue weighted by Crippen LogP contribution is -2.40. The molecule has 1 amide bonds. The SMILES string of the molecule is NC(=O)c1ccccc1N1CCc2sccc2C1C(=O)O. The molecule has 1 aromatic carbocycles. The first-order valence-corrected chi connectivity index (χ1v) is 7.42. The average Bonchev–Trinajstić information content (AvgIpc) is 2.94. The van der Waals surface area contributed by atoms with E-state index in [0.717, 1.165) is 16.9 Å². The number of benzene rings is 1. The minimum Gasteiger partial charge on any atom is -0.479 e. The van der Waals surface area contributed by atoms with Crippen molar-refractivity contribution in [3.8, 4) is 0 Å². The smallest absolute Gasteiger partial charge is 0.331 e. The van der Waals surface area contributed by atoms with E-state index in [2.05, 4.69) is 0 Å². The van der Waals surface area contributed by atoms with E-state index in [1.54, 1.807) is 40.5 Å². The van der Waals surface area contributed by atoms with E-state index in [4.69, 9.17) is 5.73 Å². The van der Waals surface area contributed by atoms with Crippen LogP contribution in [0.5, 0.6) is 0 Å². The summed E-state index contributed by atoms with van der Waals surface area (Å²) in [5.74, 6) is -1.47. The molecule has 108 valence electrons. The zero-order valence-electron chi connectivity index (χ0n) is 11.2. The van der Waals surface area contributed by atoms with Gasteiger partial charge >= 0.3 is 5.97 Å². The first-order chi connectivity index (χ1) is 10.1. The van der Waals surface area contributed by atoms with Gasteiger partial charge in [0.1, 0.15) is 0 Å². The van der Waals surface area contributed by atoms with E-state index in [1.165, 1.54) is 0 Å². The quantitative estimate of drug-likeness (QED) is 0.908. The maximum atomic E-state index is 11.7. The van der Waals surface area contributed by atoms with Crippen molar-refractivity contribution < 1.29 is 14.7 Å². The van der Waals surface area contributed by atoms with Crippen LogP contribution >= 0.6 is 11.3 Å². The lowest BCUT2D eigenvalue weighted by Gasteiger charge is -2.35. The molecule has 0 saturated heterocycles. The molecule has 3 N–H and O–H groups in total. The predicted octanol–water partition coefficient (Wildman–Crippen LogP) is 2.04. The van der Waals surface area contributed by atoms with Gasteiger partial charge in [0, 0.05) is 11.4 Å². The van der Waals surface area contributed by atoms with E-state index in [9.17, 15) is 14.7 Å². The first kappa shape index (κ1) is 13.6. The van der Waals surface area contributed by atoms with Gasteiger partial charge in [0.2, 0.25) is 0 Å². The van der Waals surface area contributed by atoms with Crippen LogP contribution in [-0.2, 0) is 11.2 Å². The van der Waals surface area contributed by atoms with Crippen molar-refractivity contribution >= 4 is 28.9 Å². The van der Waals surface area contributed by atoms with Gasteiger partial charge in [0.15, 0.2) is 6.04 Å². The van der Waals surface area contributed by atoms with Crippen LogP contribution in [0.3, 0.4) is 0 Å². The number of nitrogens with zero attached hydrogens (tertiary/aromatic N) is 1. The number of thiophene rings is 1. The number of hydrogen-bond donors (Lipinski definition) is 2. The fourth-order valence-corrected chi connectivity index (χ4v) is 3.68. The molecule has 2 heterocycles. The Kier molecular flexibility index (Phi) is 3.39. The highest BCUT2D eigenvalue weighted by Crippen LogP contribution is 2.37. The predicted molar refractivity (Wildman–Crippen MR) is 80.7 cm³/mol. The normalized spacial score (nSPS) is 17.3. The number of anilines is 1. The molecule has 21 heavy (non-hydrogen) atoms. The van der Waals surface area contributed by atoms with Gasteiger partial charge in [-0.3, -0.25) is 4.79 Å². The second-order valence-corrected chi connectivity index (χ2v) is 5.87. The number of primary amides is 1. The Bertz CT molecular complexity index is 710. The fourth-order valence-electron chi connectivity index (χ4n) is 2.77. The molecule has 1 aliphatic heterocycles. The van der Waals surface area contributed by atoms with Crippen molar-refractivity contribution in [2.45, 2.75) is 12.5 Å². The molecular weight excluding hydrogens is 288 g/mol. The van der Waals surface area contributed by atoms with Crippen LogP contribution in [-0.4, -0.2) is 23.5 Å². The molecule has 5 nitrogen and oxygen atoms in total. The Balaban J connectivity index is 2.11.